The number of unbranched alkanes of at least 4 members (excludes halogenated alkanes) is 36. The zero-order valence-corrected chi connectivity index (χ0v) is 35.0. The normalized spacial score (nSPS) is 11.8. The SMILES string of the molecule is [CH2]CCCCCCCCCCCCCCCCCCCCCCCCCCCCOC(=O)CCCCCCC=CCC=CCCCCCCCC. The minimum atomic E-state index is 0.0105. The fourth-order valence-electron chi connectivity index (χ4n) is 7.21. The molecule has 0 rings (SSSR count). The third-order valence-electron chi connectivity index (χ3n) is 10.7. The molecule has 0 aliphatic heterocycles. The summed E-state index contributed by atoms with van der Waals surface area (Å²) < 4.78 is 5.47. The van der Waals surface area contributed by atoms with Crippen LogP contribution in [-0.2, 0) is 9.53 Å². The second-order valence-electron chi connectivity index (χ2n) is 16.0. The zero-order valence-electron chi connectivity index (χ0n) is 35.0. The van der Waals surface area contributed by atoms with Crippen molar-refractivity contribution in [2.24, 2.45) is 0 Å². The molecule has 0 bridgehead atoms. The fourth-order valence-corrected chi connectivity index (χ4v) is 7.21. The van der Waals surface area contributed by atoms with E-state index in [9.17, 15) is 4.79 Å². The maximum absolute atomic E-state index is 12.0. The first-order valence-corrected chi connectivity index (χ1v) is 23.6. The Kier molecular flexibility index (Phi) is 46.0. The van der Waals surface area contributed by atoms with Crippen LogP contribution in [0.2, 0.25) is 0 Å². The van der Waals surface area contributed by atoms with Crippen molar-refractivity contribution in [1.29, 1.82) is 0 Å². The van der Waals surface area contributed by atoms with Crippen molar-refractivity contribution in [2.45, 2.75) is 270 Å². The molecule has 0 aromatic rings. The van der Waals surface area contributed by atoms with E-state index >= 15 is 0 Å². The van der Waals surface area contributed by atoms with Crippen LogP contribution >= 0.6 is 0 Å². The first-order valence-electron chi connectivity index (χ1n) is 23.6. The molecule has 0 aliphatic rings. The molecule has 0 heterocycles. The molecule has 0 atom stereocenters. The van der Waals surface area contributed by atoms with Crippen LogP contribution in [0.4, 0.5) is 0 Å². The minimum Gasteiger partial charge on any atom is -0.466 e. The van der Waals surface area contributed by atoms with Crippen LogP contribution in [0.3, 0.4) is 0 Å². The van der Waals surface area contributed by atoms with Gasteiger partial charge in [-0.25, -0.2) is 0 Å². The Morgan fingerprint density at radius 3 is 1.08 bits per heavy atom. The molecule has 2 nitrogen and oxygen atoms in total. The molecule has 0 aromatic heterocycles. The molecular formula is C49H93O2. The van der Waals surface area contributed by atoms with Crippen molar-refractivity contribution in [2.75, 3.05) is 6.61 Å². The monoisotopic (exact) mass is 714 g/mol. The quantitative estimate of drug-likeness (QED) is 0.0357. The van der Waals surface area contributed by atoms with Crippen LogP contribution in [0.15, 0.2) is 24.3 Å². The largest absolute Gasteiger partial charge is 0.466 e. The molecule has 0 amide bonds. The highest BCUT2D eigenvalue weighted by Crippen LogP contribution is 2.16. The van der Waals surface area contributed by atoms with Gasteiger partial charge in [0.2, 0.25) is 0 Å². The first-order chi connectivity index (χ1) is 25.3. The highest BCUT2D eigenvalue weighted by atomic mass is 16.5. The van der Waals surface area contributed by atoms with E-state index in [1.807, 2.05) is 0 Å². The summed E-state index contributed by atoms with van der Waals surface area (Å²) in [6.07, 6.45) is 63.8. The van der Waals surface area contributed by atoms with Gasteiger partial charge in [-0.1, -0.05) is 250 Å². The number of rotatable bonds is 44. The Morgan fingerprint density at radius 2 is 0.706 bits per heavy atom. The number of hydrogen-bond donors (Lipinski definition) is 0. The standard InChI is InChI=1S/C49H93O2/c1-3-5-7-9-11-13-15-17-19-21-22-23-24-25-26-27-28-29-30-32-34-36-38-40-42-44-46-48-51-49(50)47-45-43-41-39-37-35-33-31-20-18-16-14-12-10-8-6-4-2/h18,20,33,35H,1,3-17,19,21-32,34,36-48H2,2H3. The Balaban J connectivity index is 3.19. The van der Waals surface area contributed by atoms with Crippen molar-refractivity contribution in [3.63, 3.8) is 0 Å². The minimum absolute atomic E-state index is 0.0105. The first kappa shape index (κ1) is 49.9. The van der Waals surface area contributed by atoms with E-state index in [2.05, 4.69) is 38.2 Å². The number of allylic oxidation sites excluding steroid dienone is 4. The third-order valence-corrected chi connectivity index (χ3v) is 10.7. The van der Waals surface area contributed by atoms with Gasteiger partial charge in [0.25, 0.3) is 0 Å². The van der Waals surface area contributed by atoms with E-state index in [1.54, 1.807) is 0 Å². The Bertz CT molecular complexity index is 694. The van der Waals surface area contributed by atoms with Crippen molar-refractivity contribution in [3.8, 4) is 0 Å². The Morgan fingerprint density at radius 1 is 0.392 bits per heavy atom. The summed E-state index contributed by atoms with van der Waals surface area (Å²) in [6.45, 7) is 6.83. The van der Waals surface area contributed by atoms with E-state index in [-0.39, 0.29) is 5.97 Å². The summed E-state index contributed by atoms with van der Waals surface area (Å²) in [4.78, 5) is 12.0. The molecule has 0 N–H and O–H groups in total. The molecule has 2 heteroatoms. The van der Waals surface area contributed by atoms with Gasteiger partial charge in [0.1, 0.15) is 0 Å². The second kappa shape index (κ2) is 47.0. The van der Waals surface area contributed by atoms with Crippen LogP contribution in [-0.4, -0.2) is 12.6 Å². The zero-order chi connectivity index (χ0) is 36.8. The molecule has 51 heavy (non-hydrogen) atoms. The lowest BCUT2D eigenvalue weighted by atomic mass is 10.0. The van der Waals surface area contributed by atoms with Crippen LogP contribution < -0.4 is 0 Å². The van der Waals surface area contributed by atoms with Gasteiger partial charge >= 0.3 is 5.97 Å². The van der Waals surface area contributed by atoms with Gasteiger partial charge in [-0.3, -0.25) is 4.79 Å². The van der Waals surface area contributed by atoms with Crippen molar-refractivity contribution < 1.29 is 9.53 Å². The topological polar surface area (TPSA) is 26.3 Å². The molecule has 301 valence electrons. The van der Waals surface area contributed by atoms with Crippen molar-refractivity contribution >= 4 is 5.97 Å². The summed E-state index contributed by atoms with van der Waals surface area (Å²) in [6, 6.07) is 0. The smallest absolute Gasteiger partial charge is 0.305 e. The average Bonchev–Trinajstić information content (AvgIpc) is 3.14. The van der Waals surface area contributed by atoms with E-state index in [0.29, 0.717) is 13.0 Å². The highest BCUT2D eigenvalue weighted by Gasteiger charge is 2.03. The lowest BCUT2D eigenvalue weighted by Crippen LogP contribution is -2.05. The number of esters is 1. The summed E-state index contributed by atoms with van der Waals surface area (Å²) in [5, 5.41) is 0. The summed E-state index contributed by atoms with van der Waals surface area (Å²) in [5.74, 6) is 0.0105. The van der Waals surface area contributed by atoms with E-state index < -0.39 is 0 Å². The third kappa shape index (κ3) is 46.9. The average molecular weight is 714 g/mol. The van der Waals surface area contributed by atoms with Crippen LogP contribution in [0.5, 0.6) is 0 Å². The molecular weight excluding hydrogens is 621 g/mol. The fraction of sp³-hybridized carbons (Fsp3) is 0.878. The number of carbonyl (C=O) groups excluding carboxylic acids is 1. The Labute approximate surface area is 322 Å². The lowest BCUT2D eigenvalue weighted by Gasteiger charge is -2.05. The molecule has 0 saturated heterocycles. The van der Waals surface area contributed by atoms with Crippen LogP contribution in [0, 0.1) is 6.92 Å². The van der Waals surface area contributed by atoms with E-state index in [0.717, 1.165) is 38.5 Å². The van der Waals surface area contributed by atoms with Gasteiger partial charge in [-0.15, -0.1) is 0 Å². The molecule has 0 saturated carbocycles. The maximum atomic E-state index is 12.0. The highest BCUT2D eigenvalue weighted by molar-refractivity contribution is 5.69. The van der Waals surface area contributed by atoms with E-state index in [1.165, 1.54) is 218 Å². The van der Waals surface area contributed by atoms with Gasteiger partial charge in [-0.05, 0) is 44.9 Å². The van der Waals surface area contributed by atoms with Gasteiger partial charge in [0.05, 0.1) is 6.61 Å². The number of carbonyl (C=O) groups is 1. The molecule has 0 fully saturated rings. The van der Waals surface area contributed by atoms with Crippen LogP contribution in [0.25, 0.3) is 0 Å². The molecule has 0 aromatic carbocycles. The number of ether oxygens (including phenoxy) is 1. The lowest BCUT2D eigenvalue weighted by molar-refractivity contribution is -0.143. The predicted octanol–water partition coefficient (Wildman–Crippen LogP) is 17.5. The van der Waals surface area contributed by atoms with Gasteiger partial charge in [-0.2, -0.15) is 0 Å². The Hall–Kier alpha value is -1.05. The molecule has 0 aliphatic carbocycles. The number of hydrogen-bond acceptors (Lipinski definition) is 2. The summed E-state index contributed by atoms with van der Waals surface area (Å²) >= 11 is 0. The summed E-state index contributed by atoms with van der Waals surface area (Å²) in [7, 11) is 0. The molecule has 1 radical (unpaired) electrons. The van der Waals surface area contributed by atoms with Gasteiger partial charge in [0.15, 0.2) is 0 Å². The van der Waals surface area contributed by atoms with Crippen molar-refractivity contribution in [1.82, 2.24) is 0 Å². The van der Waals surface area contributed by atoms with Gasteiger partial charge < -0.3 is 4.74 Å². The predicted molar refractivity (Wildman–Crippen MR) is 230 cm³/mol. The molecule has 0 unspecified atom stereocenters. The molecule has 0 spiro atoms. The summed E-state index contributed by atoms with van der Waals surface area (Å²) in [5.41, 5.74) is 0. The van der Waals surface area contributed by atoms with Crippen LogP contribution in [0.1, 0.15) is 270 Å². The van der Waals surface area contributed by atoms with Crippen molar-refractivity contribution in [3.05, 3.63) is 31.2 Å². The van der Waals surface area contributed by atoms with E-state index in [4.69, 9.17) is 4.74 Å². The maximum Gasteiger partial charge on any atom is 0.305 e. The van der Waals surface area contributed by atoms with Gasteiger partial charge in [0, 0.05) is 6.42 Å². The second-order valence-corrected chi connectivity index (χ2v) is 16.0.